The zero-order valence-corrected chi connectivity index (χ0v) is 6.23. The first-order chi connectivity index (χ1) is 4.88. The first-order valence-corrected chi connectivity index (χ1v) is 3.12. The van der Waals surface area contributed by atoms with Crippen molar-refractivity contribution in [2.45, 2.75) is 0 Å². The van der Waals surface area contributed by atoms with Crippen molar-refractivity contribution in [2.24, 2.45) is 7.05 Å². The van der Waals surface area contributed by atoms with Crippen LogP contribution in [0.5, 0.6) is 0 Å². The van der Waals surface area contributed by atoms with E-state index in [1.54, 1.807) is 4.68 Å². The largest absolute Gasteiger partial charge is 0.248 e. The van der Waals surface area contributed by atoms with Crippen LogP contribution in [0.1, 0.15) is 0 Å². The summed E-state index contributed by atoms with van der Waals surface area (Å²) in [5, 5.41) is 7.79. The molecular formula is C7H7BN3. The van der Waals surface area contributed by atoms with Gasteiger partial charge in [0.1, 0.15) is 5.52 Å². The van der Waals surface area contributed by atoms with Crippen LogP contribution in [0.25, 0.3) is 11.0 Å². The Hall–Kier alpha value is -1.32. The standard InChI is InChI=1S/C7H7N3.B/c1-10-7-5-3-2-4-6(7)8-9-10;/h2-5H,1H3;. The predicted octanol–water partition coefficient (Wildman–Crippen LogP) is 0.587. The maximum atomic E-state index is 3.93. The van der Waals surface area contributed by atoms with Crippen molar-refractivity contribution >= 4 is 19.4 Å². The molecule has 0 aliphatic heterocycles. The maximum absolute atomic E-state index is 3.93. The summed E-state index contributed by atoms with van der Waals surface area (Å²) in [5.74, 6) is 0. The lowest BCUT2D eigenvalue weighted by molar-refractivity contribution is 0.736. The molecule has 53 valence electrons. The molecule has 1 heterocycles. The molecule has 0 bridgehead atoms. The van der Waals surface area contributed by atoms with Crippen LogP contribution < -0.4 is 0 Å². The molecular weight excluding hydrogens is 137 g/mol. The highest BCUT2D eigenvalue weighted by molar-refractivity contribution is 5.75. The van der Waals surface area contributed by atoms with Crippen LogP contribution in [0.3, 0.4) is 0 Å². The first-order valence-electron chi connectivity index (χ1n) is 3.12. The number of para-hydroxylation sites is 1. The molecule has 0 fully saturated rings. The maximum Gasteiger partial charge on any atom is 0.113 e. The Balaban J connectivity index is 0.000000605. The summed E-state index contributed by atoms with van der Waals surface area (Å²) in [4.78, 5) is 0. The van der Waals surface area contributed by atoms with Crippen LogP contribution in [0.2, 0.25) is 0 Å². The molecule has 1 aromatic carbocycles. The highest BCUT2D eigenvalue weighted by Gasteiger charge is 1.95. The topological polar surface area (TPSA) is 30.7 Å². The molecule has 0 amide bonds. The molecule has 2 rings (SSSR count). The van der Waals surface area contributed by atoms with Crippen molar-refractivity contribution in [1.29, 1.82) is 0 Å². The van der Waals surface area contributed by atoms with Gasteiger partial charge in [0, 0.05) is 15.5 Å². The van der Waals surface area contributed by atoms with Crippen LogP contribution in [0, 0.1) is 0 Å². The van der Waals surface area contributed by atoms with Crippen molar-refractivity contribution in [3.63, 3.8) is 0 Å². The van der Waals surface area contributed by atoms with Crippen LogP contribution in [0.15, 0.2) is 24.3 Å². The fourth-order valence-electron chi connectivity index (χ4n) is 0.986. The van der Waals surface area contributed by atoms with E-state index >= 15 is 0 Å². The van der Waals surface area contributed by atoms with Gasteiger partial charge in [-0.2, -0.15) is 0 Å². The van der Waals surface area contributed by atoms with E-state index in [4.69, 9.17) is 0 Å². The number of hydrogen-bond donors (Lipinski definition) is 0. The van der Waals surface area contributed by atoms with E-state index in [0.717, 1.165) is 11.0 Å². The molecule has 0 spiro atoms. The molecule has 1 aromatic heterocycles. The second-order valence-electron chi connectivity index (χ2n) is 2.20. The molecule has 0 saturated carbocycles. The van der Waals surface area contributed by atoms with Gasteiger partial charge >= 0.3 is 0 Å². The Morgan fingerprint density at radius 2 is 2.00 bits per heavy atom. The summed E-state index contributed by atoms with van der Waals surface area (Å²) >= 11 is 0. The minimum absolute atomic E-state index is 0. The number of rotatable bonds is 0. The molecule has 3 nitrogen and oxygen atoms in total. The van der Waals surface area contributed by atoms with Crippen molar-refractivity contribution in [3.8, 4) is 0 Å². The molecule has 2 aromatic rings. The average molecular weight is 144 g/mol. The quantitative estimate of drug-likeness (QED) is 0.506. The second kappa shape index (κ2) is 2.74. The second-order valence-corrected chi connectivity index (χ2v) is 2.20. The van der Waals surface area contributed by atoms with E-state index in [9.17, 15) is 0 Å². The Bertz CT molecular complexity index is 355. The molecule has 3 radical (unpaired) electrons. The molecule has 0 N–H and O–H groups in total. The number of nitrogens with zero attached hydrogens (tertiary/aromatic N) is 3. The van der Waals surface area contributed by atoms with Gasteiger partial charge in [0.25, 0.3) is 0 Å². The number of aryl methyl sites for hydroxylation is 1. The van der Waals surface area contributed by atoms with Crippen LogP contribution in [-0.4, -0.2) is 23.4 Å². The molecule has 4 heteroatoms. The fourth-order valence-corrected chi connectivity index (χ4v) is 0.986. The summed E-state index contributed by atoms with van der Waals surface area (Å²) in [6.07, 6.45) is 0. The van der Waals surface area contributed by atoms with E-state index in [2.05, 4.69) is 10.3 Å². The van der Waals surface area contributed by atoms with E-state index in [-0.39, 0.29) is 8.41 Å². The van der Waals surface area contributed by atoms with Crippen molar-refractivity contribution < 1.29 is 0 Å². The van der Waals surface area contributed by atoms with Crippen LogP contribution in [0.4, 0.5) is 0 Å². The van der Waals surface area contributed by atoms with Gasteiger partial charge in [0.15, 0.2) is 0 Å². The lowest BCUT2D eigenvalue weighted by Crippen LogP contribution is -1.88. The molecule has 11 heavy (non-hydrogen) atoms. The van der Waals surface area contributed by atoms with Crippen molar-refractivity contribution in [1.82, 2.24) is 15.0 Å². The fraction of sp³-hybridized carbons (Fsp3) is 0.143. The molecule has 0 saturated heterocycles. The molecule has 0 unspecified atom stereocenters. The average Bonchev–Trinajstić information content (AvgIpc) is 2.34. The van der Waals surface area contributed by atoms with Gasteiger partial charge in [-0.3, -0.25) is 0 Å². The Labute approximate surface area is 66.6 Å². The third-order valence-electron chi connectivity index (χ3n) is 1.52. The SMILES string of the molecule is Cn1nnc2ccccc21.[B]. The van der Waals surface area contributed by atoms with Crippen LogP contribution >= 0.6 is 0 Å². The minimum atomic E-state index is 0. The van der Waals surface area contributed by atoms with Gasteiger partial charge in [-0.15, -0.1) is 5.10 Å². The number of aromatic nitrogens is 3. The zero-order chi connectivity index (χ0) is 6.97. The van der Waals surface area contributed by atoms with Gasteiger partial charge in [0.05, 0.1) is 5.52 Å². The Morgan fingerprint density at radius 3 is 2.73 bits per heavy atom. The summed E-state index contributed by atoms with van der Waals surface area (Å²) < 4.78 is 1.76. The van der Waals surface area contributed by atoms with Gasteiger partial charge in [-0.1, -0.05) is 17.3 Å². The molecule has 0 atom stereocenters. The van der Waals surface area contributed by atoms with E-state index in [1.165, 1.54) is 0 Å². The van der Waals surface area contributed by atoms with Crippen molar-refractivity contribution in [2.75, 3.05) is 0 Å². The summed E-state index contributed by atoms with van der Waals surface area (Å²) in [7, 11) is 1.88. The van der Waals surface area contributed by atoms with Crippen LogP contribution in [-0.2, 0) is 7.05 Å². The van der Waals surface area contributed by atoms with Crippen molar-refractivity contribution in [3.05, 3.63) is 24.3 Å². The monoisotopic (exact) mass is 144 g/mol. The lowest BCUT2D eigenvalue weighted by Gasteiger charge is -1.87. The molecule has 0 aliphatic carbocycles. The third kappa shape index (κ3) is 1.11. The van der Waals surface area contributed by atoms with Gasteiger partial charge in [0.2, 0.25) is 0 Å². The van der Waals surface area contributed by atoms with E-state index in [1.807, 2.05) is 31.3 Å². The van der Waals surface area contributed by atoms with Gasteiger partial charge < -0.3 is 0 Å². The van der Waals surface area contributed by atoms with Gasteiger partial charge in [-0.25, -0.2) is 4.68 Å². The summed E-state index contributed by atoms with van der Waals surface area (Å²) in [6, 6.07) is 7.88. The normalized spacial score (nSPS) is 9.55. The van der Waals surface area contributed by atoms with Gasteiger partial charge in [-0.05, 0) is 12.1 Å². The first kappa shape index (κ1) is 7.79. The smallest absolute Gasteiger partial charge is 0.113 e. The number of hydrogen-bond acceptors (Lipinski definition) is 2. The van der Waals surface area contributed by atoms with E-state index < -0.39 is 0 Å². The minimum Gasteiger partial charge on any atom is -0.248 e. The Kier molecular flexibility index (Phi) is 1.94. The lowest BCUT2D eigenvalue weighted by atomic mass is 10.3. The number of fused-ring (bicyclic) bond motifs is 1. The molecule has 0 aliphatic rings. The summed E-state index contributed by atoms with van der Waals surface area (Å²) in [5.41, 5.74) is 2.02. The highest BCUT2D eigenvalue weighted by Crippen LogP contribution is 2.06. The Morgan fingerprint density at radius 1 is 1.27 bits per heavy atom. The highest BCUT2D eigenvalue weighted by atomic mass is 15.4. The van der Waals surface area contributed by atoms with E-state index in [0.29, 0.717) is 0 Å². The third-order valence-corrected chi connectivity index (χ3v) is 1.52. The number of benzene rings is 1. The predicted molar refractivity (Wildman–Crippen MR) is 44.3 cm³/mol. The zero-order valence-electron chi connectivity index (χ0n) is 6.23. The summed E-state index contributed by atoms with van der Waals surface area (Å²) in [6.45, 7) is 0.